The third kappa shape index (κ3) is 3.12. The summed E-state index contributed by atoms with van der Waals surface area (Å²) < 4.78 is 20.9. The third-order valence-electron chi connectivity index (χ3n) is 4.38. The Morgan fingerprint density at radius 3 is 2.96 bits per heavy atom. The molecule has 3 heterocycles. The Kier molecular flexibility index (Phi) is 4.06. The largest absolute Gasteiger partial charge is 0.493 e. The van der Waals surface area contributed by atoms with Crippen molar-refractivity contribution in [2.45, 2.75) is 26.0 Å². The van der Waals surface area contributed by atoms with E-state index in [1.807, 2.05) is 13.8 Å². The predicted molar refractivity (Wildman–Crippen MR) is 95.5 cm³/mol. The molecule has 1 aliphatic heterocycles. The fourth-order valence-electron chi connectivity index (χ4n) is 3.04. The van der Waals surface area contributed by atoms with Crippen LogP contribution < -0.4 is 15.4 Å². The third-order valence-corrected chi connectivity index (χ3v) is 4.38. The molecule has 2 aromatic heterocycles. The standard InChI is InChI=1S/C18H18FN5O3/c1-9-7-20-18(26)13-8-21-24-16(25)6-15(23-17(13)24)22-10(2)12-5-11(19)3-4-14(12)27-9/h3-6,8-10,25H,7H2,1-2H3,(H,20,26)(H,22,23)/t9-,10+/m0/s1. The number of amides is 1. The first-order valence-electron chi connectivity index (χ1n) is 8.51. The molecule has 3 aromatic rings. The average molecular weight is 371 g/mol. The molecule has 0 saturated heterocycles. The number of hydrogen-bond acceptors (Lipinski definition) is 6. The molecule has 0 fully saturated rings. The zero-order valence-corrected chi connectivity index (χ0v) is 14.7. The van der Waals surface area contributed by atoms with E-state index in [2.05, 4.69) is 20.7 Å². The number of halogens is 1. The van der Waals surface area contributed by atoms with Crippen molar-refractivity contribution in [2.24, 2.45) is 0 Å². The van der Waals surface area contributed by atoms with Crippen molar-refractivity contribution >= 4 is 17.4 Å². The number of carbonyl (C=O) groups is 1. The molecule has 27 heavy (non-hydrogen) atoms. The molecule has 0 spiro atoms. The van der Waals surface area contributed by atoms with Gasteiger partial charge in [-0.1, -0.05) is 0 Å². The molecule has 4 rings (SSSR count). The van der Waals surface area contributed by atoms with Crippen molar-refractivity contribution in [3.05, 3.63) is 47.4 Å². The smallest absolute Gasteiger partial charge is 0.256 e. The lowest BCUT2D eigenvalue weighted by Crippen LogP contribution is -2.33. The molecule has 140 valence electrons. The molecule has 2 bridgehead atoms. The number of aromatic hydroxyl groups is 1. The summed E-state index contributed by atoms with van der Waals surface area (Å²) in [6.45, 7) is 3.87. The summed E-state index contributed by atoms with van der Waals surface area (Å²) in [6.07, 6.45) is 1.00. The number of fused-ring (bicyclic) bond motifs is 2. The molecule has 1 aromatic carbocycles. The molecule has 2 atom stereocenters. The normalized spacial score (nSPS) is 19.9. The second-order valence-electron chi connectivity index (χ2n) is 6.48. The van der Waals surface area contributed by atoms with E-state index in [0.29, 0.717) is 17.1 Å². The highest BCUT2D eigenvalue weighted by Crippen LogP contribution is 2.30. The number of rotatable bonds is 0. The molecule has 0 aliphatic carbocycles. The van der Waals surface area contributed by atoms with Crippen molar-refractivity contribution in [3.8, 4) is 11.6 Å². The number of ether oxygens (including phenoxy) is 1. The molecule has 0 unspecified atom stereocenters. The van der Waals surface area contributed by atoms with Gasteiger partial charge < -0.3 is 20.5 Å². The fraction of sp³-hybridized carbons (Fsp3) is 0.278. The highest BCUT2D eigenvalue weighted by Gasteiger charge is 2.21. The minimum atomic E-state index is -0.388. The number of anilines is 1. The van der Waals surface area contributed by atoms with Gasteiger partial charge in [0, 0.05) is 11.6 Å². The lowest BCUT2D eigenvalue weighted by molar-refractivity contribution is 0.0933. The van der Waals surface area contributed by atoms with E-state index < -0.39 is 0 Å². The van der Waals surface area contributed by atoms with Gasteiger partial charge in [-0.25, -0.2) is 9.37 Å². The number of nitrogens with one attached hydrogen (secondary N) is 2. The van der Waals surface area contributed by atoms with Crippen LogP contribution in [0.3, 0.4) is 0 Å². The van der Waals surface area contributed by atoms with Gasteiger partial charge in [0.15, 0.2) is 5.65 Å². The summed E-state index contributed by atoms with van der Waals surface area (Å²) in [5, 5.41) is 20.1. The zero-order chi connectivity index (χ0) is 19.1. The van der Waals surface area contributed by atoms with Gasteiger partial charge in [0.05, 0.1) is 18.8 Å². The second-order valence-corrected chi connectivity index (χ2v) is 6.48. The highest BCUT2D eigenvalue weighted by atomic mass is 19.1. The Labute approximate surface area is 154 Å². The lowest BCUT2D eigenvalue weighted by Gasteiger charge is -2.21. The summed E-state index contributed by atoms with van der Waals surface area (Å²) in [7, 11) is 0. The summed E-state index contributed by atoms with van der Waals surface area (Å²) in [6, 6.07) is 5.29. The van der Waals surface area contributed by atoms with Gasteiger partial charge in [-0.3, -0.25) is 4.79 Å². The van der Waals surface area contributed by atoms with Crippen molar-refractivity contribution < 1.29 is 19.0 Å². The van der Waals surface area contributed by atoms with Crippen LogP contribution >= 0.6 is 0 Å². The topological polar surface area (TPSA) is 101 Å². The highest BCUT2D eigenvalue weighted by molar-refractivity contribution is 5.99. The minimum Gasteiger partial charge on any atom is -0.493 e. The summed E-state index contributed by atoms with van der Waals surface area (Å²) >= 11 is 0. The first-order valence-corrected chi connectivity index (χ1v) is 8.51. The van der Waals surface area contributed by atoms with E-state index in [4.69, 9.17) is 4.74 Å². The molecule has 0 saturated carbocycles. The van der Waals surface area contributed by atoms with Crippen LogP contribution in [0, 0.1) is 5.82 Å². The predicted octanol–water partition coefficient (Wildman–Crippen LogP) is 2.26. The Morgan fingerprint density at radius 1 is 1.33 bits per heavy atom. The minimum absolute atomic E-state index is 0.173. The number of nitrogens with zero attached hydrogens (tertiary/aromatic N) is 3. The molecule has 0 radical (unpaired) electrons. The van der Waals surface area contributed by atoms with E-state index in [9.17, 15) is 14.3 Å². The molecular weight excluding hydrogens is 353 g/mol. The Morgan fingerprint density at radius 2 is 2.15 bits per heavy atom. The van der Waals surface area contributed by atoms with Gasteiger partial charge in [-0.05, 0) is 32.0 Å². The maximum absolute atomic E-state index is 13.8. The van der Waals surface area contributed by atoms with Gasteiger partial charge in [-0.15, -0.1) is 0 Å². The second kappa shape index (κ2) is 6.42. The summed E-state index contributed by atoms with van der Waals surface area (Å²) in [5.41, 5.74) is 1.05. The van der Waals surface area contributed by atoms with Gasteiger partial charge in [0.2, 0.25) is 5.88 Å². The molecule has 8 nitrogen and oxygen atoms in total. The number of aromatic nitrogens is 3. The van der Waals surface area contributed by atoms with E-state index in [1.54, 1.807) is 6.07 Å². The maximum Gasteiger partial charge on any atom is 0.256 e. The van der Waals surface area contributed by atoms with Gasteiger partial charge in [0.1, 0.15) is 29.1 Å². The van der Waals surface area contributed by atoms with Crippen LogP contribution in [-0.4, -0.2) is 38.3 Å². The van der Waals surface area contributed by atoms with Crippen molar-refractivity contribution in [2.75, 3.05) is 11.9 Å². The van der Waals surface area contributed by atoms with Crippen molar-refractivity contribution in [3.63, 3.8) is 0 Å². The molecule has 1 amide bonds. The van der Waals surface area contributed by atoms with E-state index >= 15 is 0 Å². The van der Waals surface area contributed by atoms with Crippen LogP contribution in [0.2, 0.25) is 0 Å². The van der Waals surface area contributed by atoms with E-state index in [-0.39, 0.29) is 47.5 Å². The van der Waals surface area contributed by atoms with Crippen LogP contribution in [0.15, 0.2) is 30.5 Å². The van der Waals surface area contributed by atoms with Crippen LogP contribution in [0.5, 0.6) is 11.6 Å². The summed E-state index contributed by atoms with van der Waals surface area (Å²) in [5.74, 6) is -0.111. The van der Waals surface area contributed by atoms with Gasteiger partial charge >= 0.3 is 0 Å². The quantitative estimate of drug-likeness (QED) is 0.560. The van der Waals surface area contributed by atoms with E-state index in [1.165, 1.54) is 28.9 Å². The van der Waals surface area contributed by atoms with Crippen molar-refractivity contribution in [1.29, 1.82) is 0 Å². The summed E-state index contributed by atoms with van der Waals surface area (Å²) in [4.78, 5) is 16.9. The van der Waals surface area contributed by atoms with Crippen LogP contribution in [-0.2, 0) is 0 Å². The first kappa shape index (κ1) is 17.1. The van der Waals surface area contributed by atoms with Crippen LogP contribution in [0.1, 0.15) is 35.8 Å². The number of carbonyl (C=O) groups excluding carboxylic acids is 1. The Bertz CT molecular complexity index is 1040. The maximum atomic E-state index is 13.8. The van der Waals surface area contributed by atoms with Crippen LogP contribution in [0.4, 0.5) is 10.2 Å². The van der Waals surface area contributed by atoms with Gasteiger partial charge in [-0.2, -0.15) is 9.61 Å². The van der Waals surface area contributed by atoms with Crippen molar-refractivity contribution in [1.82, 2.24) is 19.9 Å². The fourth-order valence-corrected chi connectivity index (χ4v) is 3.04. The van der Waals surface area contributed by atoms with Crippen LogP contribution in [0.25, 0.3) is 5.65 Å². The Balaban J connectivity index is 1.85. The molecule has 3 N–H and O–H groups in total. The molecule has 1 aliphatic rings. The van der Waals surface area contributed by atoms with Gasteiger partial charge in [0.25, 0.3) is 5.91 Å². The lowest BCUT2D eigenvalue weighted by atomic mass is 10.1. The SMILES string of the molecule is C[C@H]1CNC(=O)c2cnn3c(O)cc(nc23)N[C@H](C)c2cc(F)ccc2O1. The zero-order valence-electron chi connectivity index (χ0n) is 14.7. The monoisotopic (exact) mass is 371 g/mol. The molecule has 9 heteroatoms. The number of hydrogen-bond donors (Lipinski definition) is 3. The number of benzene rings is 1. The average Bonchev–Trinajstić information content (AvgIpc) is 3.05. The Hall–Kier alpha value is -3.36. The first-order chi connectivity index (χ1) is 12.9. The van der Waals surface area contributed by atoms with E-state index in [0.717, 1.165) is 0 Å². The molecular formula is C18H18FN5O3.